The van der Waals surface area contributed by atoms with Gasteiger partial charge in [0.15, 0.2) is 0 Å². The minimum absolute atomic E-state index is 0.216. The molecule has 0 aliphatic carbocycles. The van der Waals surface area contributed by atoms with Crippen LogP contribution in [0.15, 0.2) is 18.2 Å². The van der Waals surface area contributed by atoms with E-state index in [-0.39, 0.29) is 6.04 Å². The summed E-state index contributed by atoms with van der Waals surface area (Å²) in [5, 5.41) is 0. The number of nitrogens with zero attached hydrogens (tertiary/aromatic N) is 1. The predicted octanol–water partition coefficient (Wildman–Crippen LogP) is 2.89. The molecule has 0 spiro atoms. The van der Waals surface area contributed by atoms with Crippen molar-refractivity contribution in [2.24, 2.45) is 5.73 Å². The lowest BCUT2D eigenvalue weighted by molar-refractivity contribution is 0.0216. The zero-order valence-corrected chi connectivity index (χ0v) is 13.1. The van der Waals surface area contributed by atoms with Crippen molar-refractivity contribution >= 4 is 5.69 Å². The number of hydrogen-bond donors (Lipinski definition) is 1. The number of likely N-dealkylation sites (N-methyl/N-ethyl adjacent to an activating group) is 1. The SMILES string of the molecule is Cc1cc(CC(C)N)ccc1N(C)CC1CCCCO1. The fourth-order valence-corrected chi connectivity index (χ4v) is 3.00. The molecule has 0 bridgehead atoms. The van der Waals surface area contributed by atoms with Crippen molar-refractivity contribution in [3.63, 3.8) is 0 Å². The van der Waals surface area contributed by atoms with Crippen LogP contribution in [-0.4, -0.2) is 32.3 Å². The van der Waals surface area contributed by atoms with Crippen molar-refractivity contribution in [1.29, 1.82) is 0 Å². The van der Waals surface area contributed by atoms with Gasteiger partial charge in [-0.1, -0.05) is 12.1 Å². The number of nitrogens with two attached hydrogens (primary N) is 1. The molecule has 3 nitrogen and oxygen atoms in total. The van der Waals surface area contributed by atoms with Crippen molar-refractivity contribution in [3.8, 4) is 0 Å². The minimum Gasteiger partial charge on any atom is -0.376 e. The van der Waals surface area contributed by atoms with E-state index in [1.54, 1.807) is 0 Å². The average Bonchev–Trinajstić information content (AvgIpc) is 2.39. The molecule has 0 saturated carbocycles. The van der Waals surface area contributed by atoms with Crippen LogP contribution in [0.25, 0.3) is 0 Å². The Kier molecular flexibility index (Phi) is 5.44. The fourth-order valence-electron chi connectivity index (χ4n) is 3.00. The van der Waals surface area contributed by atoms with Gasteiger partial charge in [0.05, 0.1) is 6.10 Å². The van der Waals surface area contributed by atoms with Crippen molar-refractivity contribution in [2.75, 3.05) is 25.1 Å². The number of anilines is 1. The van der Waals surface area contributed by atoms with Crippen molar-refractivity contribution in [2.45, 2.75) is 51.7 Å². The van der Waals surface area contributed by atoms with E-state index in [9.17, 15) is 0 Å². The zero-order valence-electron chi connectivity index (χ0n) is 13.1. The smallest absolute Gasteiger partial charge is 0.0749 e. The second-order valence-electron chi connectivity index (χ2n) is 6.17. The number of ether oxygens (including phenoxy) is 1. The maximum atomic E-state index is 5.87. The molecule has 0 radical (unpaired) electrons. The maximum Gasteiger partial charge on any atom is 0.0749 e. The van der Waals surface area contributed by atoms with Crippen LogP contribution in [-0.2, 0) is 11.2 Å². The summed E-state index contributed by atoms with van der Waals surface area (Å²) in [5.74, 6) is 0. The molecule has 20 heavy (non-hydrogen) atoms. The summed E-state index contributed by atoms with van der Waals surface area (Å²) in [5.41, 5.74) is 9.81. The Morgan fingerprint density at radius 1 is 1.40 bits per heavy atom. The highest BCUT2D eigenvalue weighted by Crippen LogP contribution is 2.23. The summed E-state index contributed by atoms with van der Waals surface area (Å²) in [6.45, 7) is 6.13. The quantitative estimate of drug-likeness (QED) is 0.898. The summed E-state index contributed by atoms with van der Waals surface area (Å²) in [7, 11) is 2.16. The molecule has 1 aliphatic heterocycles. The highest BCUT2D eigenvalue weighted by atomic mass is 16.5. The number of rotatable bonds is 5. The van der Waals surface area contributed by atoms with Gasteiger partial charge in [-0.25, -0.2) is 0 Å². The Morgan fingerprint density at radius 2 is 2.20 bits per heavy atom. The lowest BCUT2D eigenvalue weighted by Crippen LogP contribution is -2.33. The van der Waals surface area contributed by atoms with E-state index in [0.717, 1.165) is 19.6 Å². The molecule has 0 amide bonds. The number of benzene rings is 1. The van der Waals surface area contributed by atoms with Crippen LogP contribution < -0.4 is 10.6 Å². The number of hydrogen-bond acceptors (Lipinski definition) is 3. The second-order valence-corrected chi connectivity index (χ2v) is 6.17. The third-order valence-electron chi connectivity index (χ3n) is 3.98. The van der Waals surface area contributed by atoms with Crippen LogP contribution in [0.4, 0.5) is 5.69 Å². The topological polar surface area (TPSA) is 38.5 Å². The lowest BCUT2D eigenvalue weighted by atomic mass is 10.0. The molecule has 1 aliphatic rings. The first kappa shape index (κ1) is 15.3. The molecule has 0 aromatic heterocycles. The zero-order chi connectivity index (χ0) is 14.5. The lowest BCUT2D eigenvalue weighted by Gasteiger charge is -2.29. The maximum absolute atomic E-state index is 5.87. The van der Waals surface area contributed by atoms with E-state index in [1.807, 2.05) is 0 Å². The van der Waals surface area contributed by atoms with Gasteiger partial charge in [-0.3, -0.25) is 0 Å². The molecule has 112 valence electrons. The number of aryl methyl sites for hydroxylation is 1. The fraction of sp³-hybridized carbons (Fsp3) is 0.647. The molecule has 1 aromatic rings. The molecule has 2 unspecified atom stereocenters. The Morgan fingerprint density at radius 3 is 2.80 bits per heavy atom. The molecular formula is C17H28N2O. The van der Waals surface area contributed by atoms with Gasteiger partial charge < -0.3 is 15.4 Å². The highest BCUT2D eigenvalue weighted by Gasteiger charge is 2.17. The molecule has 1 heterocycles. The Labute approximate surface area is 123 Å². The first-order valence-corrected chi connectivity index (χ1v) is 7.74. The summed E-state index contributed by atoms with van der Waals surface area (Å²) in [4.78, 5) is 2.32. The molecule has 2 N–H and O–H groups in total. The largest absolute Gasteiger partial charge is 0.376 e. The first-order chi connectivity index (χ1) is 9.56. The van der Waals surface area contributed by atoms with Crippen molar-refractivity contribution in [3.05, 3.63) is 29.3 Å². The van der Waals surface area contributed by atoms with E-state index in [4.69, 9.17) is 10.5 Å². The molecule has 3 heteroatoms. The van der Waals surface area contributed by atoms with Crippen LogP contribution in [0.3, 0.4) is 0 Å². The van der Waals surface area contributed by atoms with E-state index in [0.29, 0.717) is 6.10 Å². The van der Waals surface area contributed by atoms with Gasteiger partial charge in [0, 0.05) is 31.9 Å². The predicted molar refractivity (Wildman–Crippen MR) is 85.4 cm³/mol. The van der Waals surface area contributed by atoms with Crippen molar-refractivity contribution in [1.82, 2.24) is 0 Å². The third kappa shape index (κ3) is 4.22. The van der Waals surface area contributed by atoms with Gasteiger partial charge in [-0.15, -0.1) is 0 Å². The monoisotopic (exact) mass is 276 g/mol. The van der Waals surface area contributed by atoms with E-state index in [2.05, 4.69) is 44.0 Å². The van der Waals surface area contributed by atoms with Crippen LogP contribution in [0.1, 0.15) is 37.3 Å². The van der Waals surface area contributed by atoms with Gasteiger partial charge >= 0.3 is 0 Å². The van der Waals surface area contributed by atoms with Crippen LogP contribution in [0.2, 0.25) is 0 Å². The standard InChI is InChI=1S/C17H28N2O/c1-13-10-15(11-14(2)18)7-8-17(13)19(3)12-16-6-4-5-9-20-16/h7-8,10,14,16H,4-6,9,11-12,18H2,1-3H3. The van der Waals surface area contributed by atoms with Gasteiger partial charge in [0.25, 0.3) is 0 Å². The van der Waals surface area contributed by atoms with Gasteiger partial charge in [-0.2, -0.15) is 0 Å². The highest BCUT2D eigenvalue weighted by molar-refractivity contribution is 5.54. The Balaban J connectivity index is 2.00. The van der Waals surface area contributed by atoms with Crippen LogP contribution in [0.5, 0.6) is 0 Å². The molecule has 1 aromatic carbocycles. The summed E-state index contributed by atoms with van der Waals surface area (Å²) in [6.07, 6.45) is 5.02. The van der Waals surface area contributed by atoms with Crippen LogP contribution >= 0.6 is 0 Å². The average molecular weight is 276 g/mol. The van der Waals surface area contributed by atoms with Gasteiger partial charge in [-0.05, 0) is 56.7 Å². The normalized spacial score (nSPS) is 20.7. The second kappa shape index (κ2) is 7.09. The summed E-state index contributed by atoms with van der Waals surface area (Å²) in [6, 6.07) is 6.89. The molecule has 2 rings (SSSR count). The minimum atomic E-state index is 0.216. The van der Waals surface area contributed by atoms with Gasteiger partial charge in [0.1, 0.15) is 0 Å². The molecule has 2 atom stereocenters. The Hall–Kier alpha value is -1.06. The van der Waals surface area contributed by atoms with E-state index in [1.165, 1.54) is 36.1 Å². The van der Waals surface area contributed by atoms with Crippen molar-refractivity contribution < 1.29 is 4.74 Å². The summed E-state index contributed by atoms with van der Waals surface area (Å²) < 4.78 is 5.83. The molecular weight excluding hydrogens is 248 g/mol. The third-order valence-corrected chi connectivity index (χ3v) is 3.98. The molecule has 1 fully saturated rings. The first-order valence-electron chi connectivity index (χ1n) is 7.74. The van der Waals surface area contributed by atoms with Crippen LogP contribution in [0, 0.1) is 6.92 Å². The Bertz CT molecular complexity index is 425. The summed E-state index contributed by atoms with van der Waals surface area (Å²) >= 11 is 0. The van der Waals surface area contributed by atoms with Gasteiger partial charge in [0.2, 0.25) is 0 Å². The van der Waals surface area contributed by atoms with E-state index >= 15 is 0 Å². The van der Waals surface area contributed by atoms with E-state index < -0.39 is 0 Å². The molecule has 1 saturated heterocycles.